The van der Waals surface area contributed by atoms with Crippen LogP contribution in [0.3, 0.4) is 0 Å². The number of hydrogen-bond donors (Lipinski definition) is 1. The van der Waals surface area contributed by atoms with E-state index in [1.165, 1.54) is 19.1 Å². The van der Waals surface area contributed by atoms with Crippen LogP contribution >= 0.6 is 0 Å². The maximum atomic E-state index is 14.4. The van der Waals surface area contributed by atoms with Crippen molar-refractivity contribution in [1.29, 1.82) is 0 Å². The molecule has 0 bridgehead atoms. The van der Waals surface area contributed by atoms with E-state index in [9.17, 15) is 18.8 Å². The monoisotopic (exact) mass is 614 g/mol. The van der Waals surface area contributed by atoms with Crippen molar-refractivity contribution in [3.63, 3.8) is 0 Å². The number of imidazole rings is 1. The molecule has 1 N–H and O–H groups in total. The number of rotatable bonds is 6. The molecule has 0 spiro atoms. The van der Waals surface area contributed by atoms with Crippen LogP contribution in [0, 0.1) is 17.7 Å². The summed E-state index contributed by atoms with van der Waals surface area (Å²) in [7, 11) is 0. The van der Waals surface area contributed by atoms with E-state index < -0.39 is 11.7 Å². The minimum absolute atomic E-state index is 0.0208. The van der Waals surface area contributed by atoms with Gasteiger partial charge in [0, 0.05) is 55.3 Å². The molecule has 2 aromatic carbocycles. The zero-order valence-corrected chi connectivity index (χ0v) is 25.7. The third kappa shape index (κ3) is 5.87. The molecule has 3 aromatic heterocycles. The number of fused-ring (bicyclic) bond motifs is 2. The number of Topliss-reactive ketones (excluding diaryl/α,β-unsaturated/α-hetero) is 1. The molecule has 5 aromatic rings. The van der Waals surface area contributed by atoms with Crippen LogP contribution in [-0.4, -0.2) is 55.1 Å². The highest BCUT2D eigenvalue weighted by molar-refractivity contribution is 5.98. The Morgan fingerprint density at radius 3 is 2.57 bits per heavy atom. The third-order valence-corrected chi connectivity index (χ3v) is 8.10. The second-order valence-corrected chi connectivity index (χ2v) is 11.0. The van der Waals surface area contributed by atoms with Crippen LogP contribution in [0.5, 0.6) is 0 Å². The second kappa shape index (κ2) is 12.7. The first kappa shape index (κ1) is 30.3. The number of nitrogens with one attached hydrogen (secondary N) is 1. The highest BCUT2D eigenvalue weighted by atomic mass is 19.1. The molecule has 1 aliphatic heterocycles. The van der Waals surface area contributed by atoms with Gasteiger partial charge < -0.3 is 14.8 Å². The summed E-state index contributed by atoms with van der Waals surface area (Å²) in [5.74, 6) is 4.96. The summed E-state index contributed by atoms with van der Waals surface area (Å²) in [6, 6.07) is 15.9. The van der Waals surface area contributed by atoms with E-state index in [2.05, 4.69) is 33.6 Å². The molecule has 1 aliphatic rings. The summed E-state index contributed by atoms with van der Waals surface area (Å²) < 4.78 is 16.6. The molecule has 9 nitrogen and oxygen atoms in total. The molecule has 0 unspecified atom stereocenters. The fraction of sp³-hybridized carbons (Fsp3) is 0.222. The summed E-state index contributed by atoms with van der Waals surface area (Å²) in [6.45, 7) is 6.88. The van der Waals surface area contributed by atoms with Gasteiger partial charge >= 0.3 is 0 Å². The van der Waals surface area contributed by atoms with Crippen molar-refractivity contribution in [2.75, 3.05) is 13.1 Å². The Morgan fingerprint density at radius 1 is 1.00 bits per heavy atom. The zero-order chi connectivity index (χ0) is 32.4. The van der Waals surface area contributed by atoms with Crippen LogP contribution in [0.2, 0.25) is 0 Å². The number of nitrogens with zero attached hydrogens (tertiary/aromatic N) is 5. The van der Waals surface area contributed by atoms with E-state index in [1.807, 2.05) is 35.4 Å². The van der Waals surface area contributed by atoms with Crippen molar-refractivity contribution in [3.8, 4) is 34.4 Å². The Hall–Kier alpha value is -5.69. The lowest BCUT2D eigenvalue weighted by Crippen LogP contribution is -2.37. The predicted octanol–water partition coefficient (Wildman–Crippen LogP) is 5.21. The van der Waals surface area contributed by atoms with Gasteiger partial charge in [-0.3, -0.25) is 24.4 Å². The van der Waals surface area contributed by atoms with Gasteiger partial charge in [0.15, 0.2) is 5.78 Å². The van der Waals surface area contributed by atoms with Crippen molar-refractivity contribution in [2.24, 2.45) is 0 Å². The smallest absolute Gasteiger partial charge is 0.270 e. The average molecular weight is 615 g/mol. The first-order valence-corrected chi connectivity index (χ1v) is 15.0. The number of aromatic nitrogens is 4. The Kier molecular flexibility index (Phi) is 8.40. The molecule has 0 aliphatic carbocycles. The lowest BCUT2D eigenvalue weighted by molar-refractivity contribution is -0.130. The van der Waals surface area contributed by atoms with E-state index >= 15 is 0 Å². The van der Waals surface area contributed by atoms with Gasteiger partial charge in [-0.1, -0.05) is 43.0 Å². The van der Waals surface area contributed by atoms with E-state index in [0.29, 0.717) is 18.8 Å². The predicted molar refractivity (Wildman–Crippen MR) is 172 cm³/mol. The van der Waals surface area contributed by atoms with Crippen LogP contribution in [0.4, 0.5) is 4.39 Å². The standard InChI is InChI=1S/C36H31FN6O3/c1-4-33-41-35(32-21-42(23(3)45)16-17-43(32)33)28-12-6-9-25-18-31(40-20-29(25)28)26-13-14-30(39-19-26)36(46)38-15-7-10-24-8-5-11-27(22(2)44)34(24)37/h5-6,8-9,11-14,18-20H,4,15-17,21H2,1-3H3,(H,38,46). The molecular weight excluding hydrogens is 583 g/mol. The van der Waals surface area contributed by atoms with Crippen LogP contribution in [0.1, 0.15) is 58.7 Å². The number of amides is 2. The van der Waals surface area contributed by atoms with Gasteiger partial charge in [0.2, 0.25) is 5.91 Å². The van der Waals surface area contributed by atoms with Crippen molar-refractivity contribution < 1.29 is 18.8 Å². The van der Waals surface area contributed by atoms with E-state index in [4.69, 9.17) is 9.97 Å². The summed E-state index contributed by atoms with van der Waals surface area (Å²) in [4.78, 5) is 52.2. The van der Waals surface area contributed by atoms with Gasteiger partial charge in [-0.25, -0.2) is 9.37 Å². The molecule has 230 valence electrons. The van der Waals surface area contributed by atoms with Crippen molar-refractivity contribution in [2.45, 2.75) is 40.3 Å². The van der Waals surface area contributed by atoms with Gasteiger partial charge in [0.05, 0.1) is 41.3 Å². The van der Waals surface area contributed by atoms with Crippen LogP contribution < -0.4 is 5.32 Å². The Morgan fingerprint density at radius 2 is 1.83 bits per heavy atom. The van der Waals surface area contributed by atoms with Crippen molar-refractivity contribution >= 4 is 28.4 Å². The Bertz CT molecular complexity index is 2070. The number of hydrogen-bond acceptors (Lipinski definition) is 6. The van der Waals surface area contributed by atoms with Gasteiger partial charge in [-0.05, 0) is 42.6 Å². The van der Waals surface area contributed by atoms with Gasteiger partial charge in [0.25, 0.3) is 5.91 Å². The average Bonchev–Trinajstić information content (AvgIpc) is 3.44. The summed E-state index contributed by atoms with van der Waals surface area (Å²) >= 11 is 0. The largest absolute Gasteiger partial charge is 0.340 e. The van der Waals surface area contributed by atoms with E-state index in [1.54, 1.807) is 31.3 Å². The highest BCUT2D eigenvalue weighted by Crippen LogP contribution is 2.34. The third-order valence-electron chi connectivity index (χ3n) is 8.10. The molecule has 0 fully saturated rings. The van der Waals surface area contributed by atoms with Gasteiger partial charge in [0.1, 0.15) is 17.3 Å². The summed E-state index contributed by atoms with van der Waals surface area (Å²) in [5.41, 5.74) is 4.60. The topological polar surface area (TPSA) is 110 Å². The molecule has 0 saturated heterocycles. The van der Waals surface area contributed by atoms with E-state index in [0.717, 1.165) is 52.1 Å². The van der Waals surface area contributed by atoms with Gasteiger partial charge in [-0.15, -0.1) is 0 Å². The summed E-state index contributed by atoms with van der Waals surface area (Å²) in [6.07, 6.45) is 4.22. The maximum Gasteiger partial charge on any atom is 0.270 e. The van der Waals surface area contributed by atoms with E-state index in [-0.39, 0.29) is 35.1 Å². The number of aryl methyl sites for hydroxylation is 1. The molecule has 10 heteroatoms. The van der Waals surface area contributed by atoms with Crippen LogP contribution in [0.15, 0.2) is 67.0 Å². The van der Waals surface area contributed by atoms with Crippen LogP contribution in [0.25, 0.3) is 33.3 Å². The number of ketones is 1. The van der Waals surface area contributed by atoms with Crippen LogP contribution in [-0.2, 0) is 24.3 Å². The summed E-state index contributed by atoms with van der Waals surface area (Å²) in [5, 5.41) is 4.59. The lowest BCUT2D eigenvalue weighted by atomic mass is 10.0. The number of halogens is 1. The first-order chi connectivity index (χ1) is 22.2. The molecule has 4 heterocycles. The van der Waals surface area contributed by atoms with Crippen molar-refractivity contribution in [3.05, 3.63) is 101 Å². The fourth-order valence-electron chi connectivity index (χ4n) is 5.67. The quantitative estimate of drug-likeness (QED) is 0.208. The molecule has 0 saturated carbocycles. The SMILES string of the molecule is CCc1nc(-c2cccc3cc(-c4ccc(C(=O)NCC#Cc5cccc(C(C)=O)c5F)nc4)ncc23)c2n1CCN(C(C)=O)C2. The maximum absolute atomic E-state index is 14.4. The van der Waals surface area contributed by atoms with Gasteiger partial charge in [-0.2, -0.15) is 0 Å². The molecule has 2 amide bonds. The van der Waals surface area contributed by atoms with Crippen molar-refractivity contribution in [1.82, 2.24) is 29.7 Å². The zero-order valence-electron chi connectivity index (χ0n) is 25.7. The molecule has 0 radical (unpaired) electrons. The second-order valence-electron chi connectivity index (χ2n) is 11.0. The number of carbonyl (C=O) groups excluding carboxylic acids is 3. The molecule has 46 heavy (non-hydrogen) atoms. The first-order valence-electron chi connectivity index (χ1n) is 15.0. The number of carbonyl (C=O) groups is 3. The Balaban J connectivity index is 1.19. The number of benzene rings is 2. The highest BCUT2D eigenvalue weighted by Gasteiger charge is 2.26. The molecule has 0 atom stereocenters. The Labute approximate surface area is 265 Å². The minimum Gasteiger partial charge on any atom is -0.340 e. The fourth-order valence-corrected chi connectivity index (χ4v) is 5.67. The molecular formula is C36H31FN6O3. The number of pyridine rings is 2. The normalized spacial score (nSPS) is 12.3. The lowest BCUT2D eigenvalue weighted by Gasteiger charge is -2.28. The molecule has 6 rings (SSSR count). The minimum atomic E-state index is -0.670.